The number of likely N-dealkylation sites (tertiary alicyclic amines) is 1. The fourth-order valence-corrected chi connectivity index (χ4v) is 8.74. The molecule has 9 rings (SSSR count). The number of benzene rings is 4. The average Bonchev–Trinajstić information content (AvgIpc) is 3.17. The Morgan fingerprint density at radius 3 is 2.28 bits per heavy atom. The lowest BCUT2D eigenvalue weighted by atomic mass is 9.87. The van der Waals surface area contributed by atoms with Crippen LogP contribution in [0.5, 0.6) is 40.2 Å². The monoisotopic (exact) mass is 735 g/mol. The van der Waals surface area contributed by atoms with Crippen molar-refractivity contribution in [3.63, 3.8) is 0 Å². The molecule has 4 aromatic carbocycles. The molecule has 54 heavy (non-hydrogen) atoms. The third-order valence-corrected chi connectivity index (χ3v) is 11.7. The molecule has 5 heterocycles. The van der Waals surface area contributed by atoms with Gasteiger partial charge in [0.25, 0.3) is 0 Å². The Labute approximate surface area is 318 Å². The van der Waals surface area contributed by atoms with Gasteiger partial charge < -0.3 is 33.9 Å². The van der Waals surface area contributed by atoms with Crippen molar-refractivity contribution in [1.82, 2.24) is 14.7 Å². The van der Waals surface area contributed by atoms with Crippen LogP contribution in [0.25, 0.3) is 0 Å². The summed E-state index contributed by atoms with van der Waals surface area (Å²) in [5, 5.41) is 21.5. The molecular weight excluding hydrogens is 682 g/mol. The number of hydrogen-bond acceptors (Lipinski definition) is 10. The van der Waals surface area contributed by atoms with Crippen molar-refractivity contribution >= 4 is 0 Å². The first-order chi connectivity index (χ1) is 26.3. The number of ether oxygens (including phenoxy) is 5. The maximum Gasteiger partial charge on any atom is 0.204 e. The lowest BCUT2D eigenvalue weighted by Gasteiger charge is -2.37. The normalized spacial score (nSPS) is 22.2. The van der Waals surface area contributed by atoms with Crippen LogP contribution in [0.1, 0.15) is 58.3 Å². The molecule has 0 amide bonds. The predicted molar refractivity (Wildman–Crippen MR) is 208 cm³/mol. The molecule has 2 N–H and O–H groups in total. The highest BCUT2D eigenvalue weighted by atomic mass is 16.5. The summed E-state index contributed by atoms with van der Waals surface area (Å²) in [6.45, 7) is 3.70. The van der Waals surface area contributed by atoms with E-state index >= 15 is 0 Å². The van der Waals surface area contributed by atoms with Crippen molar-refractivity contribution < 1.29 is 33.9 Å². The van der Waals surface area contributed by atoms with Crippen molar-refractivity contribution in [3.8, 4) is 40.2 Å². The van der Waals surface area contributed by atoms with Crippen LogP contribution in [0.15, 0.2) is 66.7 Å². The number of piperidine rings is 1. The fraction of sp³-hybridized carbons (Fsp3) is 0.455. The lowest BCUT2D eigenvalue weighted by molar-refractivity contribution is 0.0236. The summed E-state index contributed by atoms with van der Waals surface area (Å²) in [4.78, 5) is 6.91. The molecule has 0 spiro atoms. The van der Waals surface area contributed by atoms with Crippen LogP contribution >= 0.6 is 0 Å². The summed E-state index contributed by atoms with van der Waals surface area (Å²) < 4.78 is 32.0. The number of aliphatic hydroxyl groups is 2. The highest BCUT2D eigenvalue weighted by Crippen LogP contribution is 2.51. The molecule has 10 nitrogen and oxygen atoms in total. The molecule has 0 aromatic heterocycles. The van der Waals surface area contributed by atoms with Gasteiger partial charge in [0, 0.05) is 43.8 Å². The second kappa shape index (κ2) is 15.8. The number of nitrogens with zero attached hydrogens (tertiary/aromatic N) is 3. The predicted octanol–water partition coefficient (Wildman–Crippen LogP) is 6.34. The molecule has 4 atom stereocenters. The quantitative estimate of drug-likeness (QED) is 0.224. The van der Waals surface area contributed by atoms with E-state index in [1.54, 1.807) is 14.2 Å². The van der Waals surface area contributed by atoms with Gasteiger partial charge in [-0.1, -0.05) is 24.3 Å². The van der Waals surface area contributed by atoms with E-state index < -0.39 is 6.10 Å². The van der Waals surface area contributed by atoms with Crippen molar-refractivity contribution in [1.29, 1.82) is 0 Å². The maximum absolute atomic E-state index is 11.2. The van der Waals surface area contributed by atoms with Gasteiger partial charge in [-0.15, -0.1) is 0 Å². The van der Waals surface area contributed by atoms with Gasteiger partial charge in [-0.3, -0.25) is 14.7 Å². The van der Waals surface area contributed by atoms with Crippen LogP contribution in [0, 0.1) is 0 Å². The topological polar surface area (TPSA) is 96.3 Å². The summed E-state index contributed by atoms with van der Waals surface area (Å²) in [5.74, 6) is 4.51. The molecule has 0 radical (unpaired) electrons. The van der Waals surface area contributed by atoms with Gasteiger partial charge >= 0.3 is 0 Å². The highest BCUT2D eigenvalue weighted by molar-refractivity contribution is 5.63. The van der Waals surface area contributed by atoms with Crippen LogP contribution in [-0.4, -0.2) is 105 Å². The zero-order valence-electron chi connectivity index (χ0n) is 31.9. The minimum Gasteiger partial charge on any atom is -0.493 e. The minimum absolute atomic E-state index is 0.0489. The summed E-state index contributed by atoms with van der Waals surface area (Å²) in [7, 11) is 7.69. The van der Waals surface area contributed by atoms with Gasteiger partial charge in [-0.05, 0) is 129 Å². The Morgan fingerprint density at radius 2 is 1.50 bits per heavy atom. The molecule has 0 aliphatic carbocycles. The lowest BCUT2D eigenvalue weighted by Crippen LogP contribution is -2.43. The van der Waals surface area contributed by atoms with Crippen LogP contribution in [0.3, 0.4) is 0 Å². The molecule has 286 valence electrons. The SMILES string of the molecule is COc1ccc2cc1Oc1ccc(cc1)C[C@H]1c3cc(ccc3CCN1C)Oc1c(OCC(O)CN3CCCC(O)C3)c(OC)cc3c1[C@H](C2)N(C)CC3. The number of likely N-dealkylation sites (N-methyl/N-ethyl adjacent to an activating group) is 2. The van der Waals surface area contributed by atoms with Gasteiger partial charge in [0.05, 0.1) is 20.3 Å². The number of hydrogen-bond donors (Lipinski definition) is 2. The molecule has 10 heteroatoms. The van der Waals surface area contributed by atoms with Gasteiger partial charge in [-0.2, -0.15) is 0 Å². The largest absolute Gasteiger partial charge is 0.493 e. The molecule has 0 saturated carbocycles. The van der Waals surface area contributed by atoms with Crippen LogP contribution in [0.2, 0.25) is 0 Å². The minimum atomic E-state index is -0.771. The Hall–Kier alpha value is -4.32. The first-order valence-corrected chi connectivity index (χ1v) is 19.4. The Kier molecular flexibility index (Phi) is 10.7. The average molecular weight is 736 g/mol. The van der Waals surface area contributed by atoms with Crippen LogP contribution in [-0.2, 0) is 25.7 Å². The van der Waals surface area contributed by atoms with Gasteiger partial charge in [-0.25, -0.2) is 0 Å². The smallest absolute Gasteiger partial charge is 0.204 e. The van der Waals surface area contributed by atoms with E-state index in [4.69, 9.17) is 23.7 Å². The van der Waals surface area contributed by atoms with E-state index in [1.165, 1.54) is 16.7 Å². The molecule has 6 bridgehead atoms. The molecule has 4 aromatic rings. The zero-order chi connectivity index (χ0) is 37.3. The number of fused-ring (bicyclic) bond motifs is 2. The zero-order valence-corrected chi connectivity index (χ0v) is 31.9. The van der Waals surface area contributed by atoms with Gasteiger partial charge in [0.2, 0.25) is 5.75 Å². The number of methoxy groups -OCH3 is 2. The van der Waals surface area contributed by atoms with Crippen LogP contribution in [0.4, 0.5) is 0 Å². The third-order valence-electron chi connectivity index (χ3n) is 11.7. The first-order valence-electron chi connectivity index (χ1n) is 19.4. The Morgan fingerprint density at radius 1 is 0.778 bits per heavy atom. The van der Waals surface area contributed by atoms with Gasteiger partial charge in [0.1, 0.15) is 24.2 Å². The molecule has 2 unspecified atom stereocenters. The van der Waals surface area contributed by atoms with Crippen LogP contribution < -0.4 is 23.7 Å². The van der Waals surface area contributed by atoms with E-state index in [0.717, 1.165) is 79.9 Å². The molecular formula is C44H53N3O7. The second-order valence-corrected chi connectivity index (χ2v) is 15.4. The van der Waals surface area contributed by atoms with Crippen molar-refractivity contribution in [2.24, 2.45) is 0 Å². The molecule has 5 aliphatic heterocycles. The molecule has 1 saturated heterocycles. The second-order valence-electron chi connectivity index (χ2n) is 15.4. The van der Waals surface area contributed by atoms with E-state index in [0.29, 0.717) is 48.3 Å². The molecule has 5 aliphatic rings. The van der Waals surface area contributed by atoms with E-state index in [-0.39, 0.29) is 24.8 Å². The standard InChI is InChI=1S/C44H53N3O7/c1-45-18-15-30-10-13-35-24-36(30)37(45)20-28-7-11-34(12-8-28)53-40-22-29(9-14-39(40)50-3)21-38-42-31(16-19-46(38)2)23-41(51-4)43(44(42)54-35)52-27-33(49)26-47-17-5-6-32(48)25-47/h7-14,22-24,32-33,37-38,48-49H,5-6,15-21,25-27H2,1-4H3/t32?,33?,37-,38-/m0/s1. The fourth-order valence-electron chi connectivity index (χ4n) is 8.74. The van der Waals surface area contributed by atoms with Gasteiger partial charge in [0.15, 0.2) is 23.0 Å². The summed E-state index contributed by atoms with van der Waals surface area (Å²) in [6, 6.07) is 23.3. The summed E-state index contributed by atoms with van der Waals surface area (Å²) >= 11 is 0. The summed E-state index contributed by atoms with van der Waals surface area (Å²) in [6.07, 6.45) is 3.88. The van der Waals surface area contributed by atoms with Crippen molar-refractivity contribution in [2.75, 3.05) is 67.6 Å². The molecule has 1 fully saturated rings. The van der Waals surface area contributed by atoms with E-state index in [9.17, 15) is 10.2 Å². The number of β-amino-alcohol motifs (C(OH)–C–C–N with tert-alkyl or cyclic N) is 2. The maximum atomic E-state index is 11.2. The highest BCUT2D eigenvalue weighted by Gasteiger charge is 2.35. The van der Waals surface area contributed by atoms with E-state index in [2.05, 4.69) is 77.3 Å². The third kappa shape index (κ3) is 7.63. The number of aliphatic hydroxyl groups excluding tert-OH is 2. The first kappa shape index (κ1) is 36.6. The summed E-state index contributed by atoms with van der Waals surface area (Å²) in [5.41, 5.74) is 7.11. The Balaban J connectivity index is 1.25. The van der Waals surface area contributed by atoms with Crippen molar-refractivity contribution in [3.05, 3.63) is 100 Å². The van der Waals surface area contributed by atoms with Crippen molar-refractivity contribution in [2.45, 2.75) is 62.8 Å². The van der Waals surface area contributed by atoms with E-state index in [1.807, 2.05) is 18.2 Å². The number of rotatable bonds is 7. The Bertz CT molecular complexity index is 1950.